The number of halogens is 2. The van der Waals surface area contributed by atoms with Crippen molar-refractivity contribution in [2.75, 3.05) is 5.32 Å². The maximum Gasteiger partial charge on any atom is 0.288 e. The highest BCUT2D eigenvalue weighted by Crippen LogP contribution is 2.47. The van der Waals surface area contributed by atoms with E-state index in [-0.39, 0.29) is 21.9 Å². The summed E-state index contributed by atoms with van der Waals surface area (Å²) >= 11 is 10.9. The highest BCUT2D eigenvalue weighted by molar-refractivity contribution is 9.10. The third-order valence-corrected chi connectivity index (χ3v) is 8.30. The van der Waals surface area contributed by atoms with Gasteiger partial charge >= 0.3 is 0 Å². The minimum atomic E-state index is -0.792. The molecule has 1 aliphatic carbocycles. The first kappa shape index (κ1) is 25.6. The van der Waals surface area contributed by atoms with E-state index in [0.717, 1.165) is 20.4 Å². The number of anilines is 1. The number of carbonyl (C=O) groups is 2. The zero-order valence-corrected chi connectivity index (χ0v) is 23.3. The highest BCUT2D eigenvalue weighted by atomic mass is 79.9. The zero-order chi connectivity index (χ0) is 26.6. The van der Waals surface area contributed by atoms with E-state index in [9.17, 15) is 19.7 Å². The summed E-state index contributed by atoms with van der Waals surface area (Å²) in [5, 5.41) is 18.2. The molecule has 3 aromatic rings. The fourth-order valence-corrected chi connectivity index (χ4v) is 6.64. The van der Waals surface area contributed by atoms with Crippen LogP contribution in [0.25, 0.3) is 10.2 Å². The molecule has 0 fully saturated rings. The van der Waals surface area contributed by atoms with E-state index in [4.69, 9.17) is 11.6 Å². The number of nitrogens with one attached hydrogen (secondary N) is 2. The second kappa shape index (κ2) is 9.34. The Morgan fingerprint density at radius 2 is 2.03 bits per heavy atom. The van der Waals surface area contributed by atoms with Crippen molar-refractivity contribution in [1.29, 1.82) is 0 Å². The summed E-state index contributed by atoms with van der Waals surface area (Å²) in [7, 11) is 0. The van der Waals surface area contributed by atoms with Crippen LogP contribution in [-0.4, -0.2) is 21.6 Å². The number of Topliss-reactive ketones (excluding diaryl/α,β-unsaturated/α-hetero) is 1. The molecule has 1 aliphatic heterocycles. The van der Waals surface area contributed by atoms with Gasteiger partial charge in [0.1, 0.15) is 5.02 Å². The van der Waals surface area contributed by atoms with Gasteiger partial charge in [-0.25, -0.2) is 4.98 Å². The van der Waals surface area contributed by atoms with Gasteiger partial charge in [0, 0.05) is 45.4 Å². The van der Waals surface area contributed by atoms with Crippen LogP contribution in [0.15, 0.2) is 63.4 Å². The molecule has 2 N–H and O–H groups in total. The molecule has 190 valence electrons. The Morgan fingerprint density at radius 1 is 1.27 bits per heavy atom. The molecule has 11 heteroatoms. The molecule has 2 heterocycles. The summed E-state index contributed by atoms with van der Waals surface area (Å²) in [6.07, 6.45) is 0.916. The van der Waals surface area contributed by atoms with E-state index >= 15 is 0 Å². The first-order chi connectivity index (χ1) is 17.4. The molecule has 1 atom stereocenters. The molecule has 2 aromatic carbocycles. The van der Waals surface area contributed by atoms with Crippen LogP contribution in [0.4, 0.5) is 10.8 Å². The maximum absolute atomic E-state index is 13.8. The number of nitro groups is 1. The molecule has 37 heavy (non-hydrogen) atoms. The summed E-state index contributed by atoms with van der Waals surface area (Å²) in [4.78, 5) is 42.8. The lowest BCUT2D eigenvalue weighted by Gasteiger charge is -2.39. The van der Waals surface area contributed by atoms with Gasteiger partial charge in [-0.3, -0.25) is 25.0 Å². The standard InChI is InChI=1S/C26H22BrClN4O4S/c1-12-21(24(34)31-25-30-16-7-5-14(27)9-20(16)37-25)22(13-4-6-15(28)18(8-13)32(35)36)23-17(29-12)10-26(2,3)11-19(23)33/h4-9,22,29H,10-11H2,1-3H3,(H,30,31,34). The third kappa shape index (κ3) is 4.81. The molecule has 2 aliphatic rings. The number of nitrogens with zero attached hydrogens (tertiary/aromatic N) is 2. The minimum absolute atomic E-state index is 0.0136. The summed E-state index contributed by atoms with van der Waals surface area (Å²) in [5.41, 5.74) is 2.75. The van der Waals surface area contributed by atoms with Crippen LogP contribution in [0.2, 0.25) is 5.02 Å². The summed E-state index contributed by atoms with van der Waals surface area (Å²) in [6.45, 7) is 5.81. The molecule has 0 bridgehead atoms. The van der Waals surface area contributed by atoms with Crippen molar-refractivity contribution in [2.45, 2.75) is 39.5 Å². The second-order valence-corrected chi connectivity index (χ2v) is 12.3. The number of aromatic nitrogens is 1. The summed E-state index contributed by atoms with van der Waals surface area (Å²) < 4.78 is 1.80. The number of dihydropyridines is 1. The molecule has 0 radical (unpaired) electrons. The maximum atomic E-state index is 13.8. The van der Waals surface area contributed by atoms with E-state index in [1.165, 1.54) is 23.5 Å². The van der Waals surface area contributed by atoms with Crippen LogP contribution in [0.3, 0.4) is 0 Å². The normalized spacial score (nSPS) is 19.1. The molecular formula is C26H22BrClN4O4S. The number of benzene rings is 2. The van der Waals surface area contributed by atoms with Gasteiger partial charge in [-0.2, -0.15) is 0 Å². The molecule has 0 saturated heterocycles. The van der Waals surface area contributed by atoms with Crippen LogP contribution < -0.4 is 10.6 Å². The minimum Gasteiger partial charge on any atom is -0.362 e. The van der Waals surface area contributed by atoms with Crippen molar-refractivity contribution < 1.29 is 14.5 Å². The van der Waals surface area contributed by atoms with Gasteiger partial charge in [0.05, 0.1) is 15.1 Å². The molecule has 0 saturated carbocycles. The van der Waals surface area contributed by atoms with Gasteiger partial charge in [0.25, 0.3) is 11.6 Å². The van der Waals surface area contributed by atoms with Crippen molar-refractivity contribution in [1.82, 2.24) is 10.3 Å². The van der Waals surface area contributed by atoms with Gasteiger partial charge in [0.15, 0.2) is 10.9 Å². The van der Waals surface area contributed by atoms with Crippen LogP contribution in [0.5, 0.6) is 0 Å². The lowest BCUT2D eigenvalue weighted by atomic mass is 9.68. The monoisotopic (exact) mass is 600 g/mol. The lowest BCUT2D eigenvalue weighted by Crippen LogP contribution is -2.39. The van der Waals surface area contributed by atoms with Crippen LogP contribution >= 0.6 is 38.9 Å². The first-order valence-corrected chi connectivity index (χ1v) is 13.5. The Labute approximate surface area is 230 Å². The number of hydrogen-bond donors (Lipinski definition) is 2. The number of fused-ring (bicyclic) bond motifs is 1. The van der Waals surface area contributed by atoms with Crippen molar-refractivity contribution in [2.24, 2.45) is 5.41 Å². The van der Waals surface area contributed by atoms with Gasteiger partial charge < -0.3 is 5.32 Å². The summed E-state index contributed by atoms with van der Waals surface area (Å²) in [6, 6.07) is 10.1. The van der Waals surface area contributed by atoms with Gasteiger partial charge in [-0.1, -0.05) is 58.8 Å². The zero-order valence-electron chi connectivity index (χ0n) is 20.1. The molecule has 1 amide bonds. The Bertz CT molecular complexity index is 1580. The van der Waals surface area contributed by atoms with Crippen LogP contribution in [0.1, 0.15) is 45.1 Å². The number of amides is 1. The van der Waals surface area contributed by atoms with Crippen LogP contribution in [0, 0.1) is 15.5 Å². The fourth-order valence-electron chi connectivity index (χ4n) is 5.04. The first-order valence-electron chi connectivity index (χ1n) is 11.5. The lowest BCUT2D eigenvalue weighted by molar-refractivity contribution is -0.384. The fraction of sp³-hybridized carbons (Fsp3) is 0.269. The third-order valence-electron chi connectivity index (χ3n) is 6.56. The molecule has 0 spiro atoms. The SMILES string of the molecule is CC1=C(C(=O)Nc2nc3ccc(Br)cc3s2)C(c2ccc(Cl)c([N+](=O)[O-])c2)C2=C(CC(C)(C)CC2=O)N1. The number of carbonyl (C=O) groups excluding carboxylic acids is 2. The molecule has 5 rings (SSSR count). The van der Waals surface area contributed by atoms with Crippen molar-refractivity contribution in [3.05, 3.63) is 84.1 Å². The van der Waals surface area contributed by atoms with E-state index < -0.39 is 16.7 Å². The van der Waals surface area contributed by atoms with E-state index in [1.54, 1.807) is 13.0 Å². The Hall–Kier alpha value is -3.08. The molecule has 1 aromatic heterocycles. The topological polar surface area (TPSA) is 114 Å². The van der Waals surface area contributed by atoms with Crippen molar-refractivity contribution in [3.63, 3.8) is 0 Å². The largest absolute Gasteiger partial charge is 0.362 e. The number of hydrogen-bond acceptors (Lipinski definition) is 7. The van der Waals surface area contributed by atoms with Gasteiger partial charge in [0.2, 0.25) is 0 Å². The van der Waals surface area contributed by atoms with Crippen molar-refractivity contribution in [3.8, 4) is 0 Å². The highest BCUT2D eigenvalue weighted by Gasteiger charge is 2.43. The predicted octanol–water partition coefficient (Wildman–Crippen LogP) is 6.86. The predicted molar refractivity (Wildman–Crippen MR) is 148 cm³/mol. The van der Waals surface area contributed by atoms with Gasteiger partial charge in [-0.05, 0) is 48.6 Å². The second-order valence-electron chi connectivity index (χ2n) is 9.98. The smallest absolute Gasteiger partial charge is 0.288 e. The number of allylic oxidation sites excluding steroid dienone is 3. The number of ketones is 1. The van der Waals surface area contributed by atoms with E-state index in [0.29, 0.717) is 40.4 Å². The summed E-state index contributed by atoms with van der Waals surface area (Å²) in [5.74, 6) is -1.32. The van der Waals surface area contributed by atoms with Crippen LogP contribution in [-0.2, 0) is 9.59 Å². The number of nitro benzene ring substituents is 1. The molecule has 8 nitrogen and oxygen atoms in total. The number of rotatable bonds is 4. The van der Waals surface area contributed by atoms with E-state index in [1.807, 2.05) is 32.0 Å². The molecule has 1 unspecified atom stereocenters. The van der Waals surface area contributed by atoms with Gasteiger partial charge in [-0.15, -0.1) is 0 Å². The molecular weight excluding hydrogens is 580 g/mol. The average Bonchev–Trinajstić information content (AvgIpc) is 3.18. The average molecular weight is 602 g/mol. The van der Waals surface area contributed by atoms with Crippen molar-refractivity contribution >= 4 is 71.6 Å². The number of thiazole rings is 1. The van der Waals surface area contributed by atoms with E-state index in [2.05, 4.69) is 31.5 Å². The Morgan fingerprint density at radius 3 is 2.76 bits per heavy atom. The quantitative estimate of drug-likeness (QED) is 0.249. The Kier molecular flexibility index (Phi) is 6.45. The Balaban J connectivity index is 1.61.